The molecule has 1 aromatic heterocycles. The zero-order valence-electron chi connectivity index (χ0n) is 18.8. The van der Waals surface area contributed by atoms with Crippen LogP contribution < -0.4 is 10.1 Å². The quantitative estimate of drug-likeness (QED) is 0.749. The lowest BCUT2D eigenvalue weighted by Gasteiger charge is -2.34. The number of ether oxygens (including phenoxy) is 1. The summed E-state index contributed by atoms with van der Waals surface area (Å²) < 4.78 is 5.63. The van der Waals surface area contributed by atoms with Crippen LogP contribution in [0, 0.1) is 25.7 Å². The van der Waals surface area contributed by atoms with Gasteiger partial charge in [-0.2, -0.15) is 0 Å². The minimum absolute atomic E-state index is 0.0516. The number of carbonyl (C=O) groups excluding carboxylic acids is 2. The Labute approximate surface area is 189 Å². The number of likely N-dealkylation sites (tertiary alicyclic amines) is 2. The van der Waals surface area contributed by atoms with Gasteiger partial charge >= 0.3 is 12.0 Å². The normalized spacial score (nSPS) is 19.3. The first-order valence-corrected chi connectivity index (χ1v) is 11.3. The van der Waals surface area contributed by atoms with Crippen LogP contribution in [0.4, 0.5) is 10.5 Å². The Morgan fingerprint density at radius 2 is 1.88 bits per heavy atom. The second-order valence-corrected chi connectivity index (χ2v) is 8.87. The van der Waals surface area contributed by atoms with Crippen molar-refractivity contribution in [3.05, 3.63) is 47.8 Å². The Kier molecular flexibility index (Phi) is 6.87. The number of aryl methyl sites for hydroxylation is 2. The lowest BCUT2D eigenvalue weighted by molar-refractivity contribution is -0.128. The Morgan fingerprint density at radius 3 is 2.59 bits per heavy atom. The monoisotopic (exact) mass is 437 g/mol. The Morgan fingerprint density at radius 1 is 1.12 bits per heavy atom. The number of nitrogens with zero attached hydrogens (tertiary/aromatic N) is 4. The summed E-state index contributed by atoms with van der Waals surface area (Å²) in [6.45, 7) is 7.43. The summed E-state index contributed by atoms with van der Waals surface area (Å²) in [5.74, 6) is 0.763. The number of rotatable bonds is 6. The highest BCUT2D eigenvalue weighted by Crippen LogP contribution is 2.25. The highest BCUT2D eigenvalue weighted by molar-refractivity contribution is 5.89. The van der Waals surface area contributed by atoms with Crippen LogP contribution >= 0.6 is 0 Å². The van der Waals surface area contributed by atoms with Gasteiger partial charge in [-0.15, -0.1) is 0 Å². The predicted molar refractivity (Wildman–Crippen MR) is 121 cm³/mol. The van der Waals surface area contributed by atoms with Gasteiger partial charge in [0.15, 0.2) is 0 Å². The van der Waals surface area contributed by atoms with Crippen molar-refractivity contribution in [3.63, 3.8) is 0 Å². The van der Waals surface area contributed by atoms with E-state index in [0.29, 0.717) is 44.6 Å². The fourth-order valence-electron chi connectivity index (χ4n) is 4.35. The van der Waals surface area contributed by atoms with Crippen LogP contribution in [0.5, 0.6) is 6.01 Å². The largest absolute Gasteiger partial charge is 0.463 e. The third kappa shape index (κ3) is 5.55. The number of aromatic nitrogens is 2. The molecule has 3 amide bonds. The van der Waals surface area contributed by atoms with Gasteiger partial charge in [0, 0.05) is 56.6 Å². The highest BCUT2D eigenvalue weighted by atomic mass is 16.5. The molecule has 32 heavy (non-hydrogen) atoms. The van der Waals surface area contributed by atoms with E-state index >= 15 is 0 Å². The molecule has 0 saturated carbocycles. The zero-order chi connectivity index (χ0) is 22.5. The lowest BCUT2D eigenvalue weighted by Crippen LogP contribution is -2.43. The molecule has 0 radical (unpaired) electrons. The molecule has 170 valence electrons. The second kappa shape index (κ2) is 9.97. The number of carbonyl (C=O) groups is 2. The molecule has 2 fully saturated rings. The first-order chi connectivity index (χ1) is 15.5. The minimum atomic E-state index is -0.0516. The van der Waals surface area contributed by atoms with Crippen LogP contribution in [0.25, 0.3) is 0 Å². The molecule has 1 unspecified atom stereocenters. The molecule has 4 rings (SSSR count). The van der Waals surface area contributed by atoms with Crippen molar-refractivity contribution in [2.24, 2.45) is 11.8 Å². The van der Waals surface area contributed by atoms with Crippen molar-refractivity contribution in [3.8, 4) is 6.01 Å². The third-order valence-electron chi connectivity index (χ3n) is 6.42. The van der Waals surface area contributed by atoms with E-state index in [1.165, 1.54) is 5.56 Å². The number of urea groups is 1. The van der Waals surface area contributed by atoms with Crippen molar-refractivity contribution < 1.29 is 14.3 Å². The first-order valence-electron chi connectivity index (χ1n) is 11.3. The number of amides is 3. The van der Waals surface area contributed by atoms with E-state index < -0.39 is 0 Å². The molecule has 8 nitrogen and oxygen atoms in total. The van der Waals surface area contributed by atoms with Crippen LogP contribution in [-0.4, -0.2) is 64.5 Å². The standard InChI is InChI=1S/C24H31N5O3/c1-17-4-5-21(12-18(17)2)27-24(31)28-10-6-19(7-11-28)14-29-15-20(13-22(29)30)16-32-23-25-8-3-9-26-23/h3-5,8-9,12,19-20H,6-7,10-11,13-16H2,1-2H3,(H,27,31). The van der Waals surface area contributed by atoms with Gasteiger partial charge < -0.3 is 19.9 Å². The maximum Gasteiger partial charge on any atom is 0.321 e. The first kappa shape index (κ1) is 22.0. The van der Waals surface area contributed by atoms with Gasteiger partial charge in [-0.25, -0.2) is 14.8 Å². The van der Waals surface area contributed by atoms with Gasteiger partial charge in [0.05, 0.1) is 6.61 Å². The zero-order valence-corrected chi connectivity index (χ0v) is 18.8. The van der Waals surface area contributed by atoms with Gasteiger partial charge in [0.2, 0.25) is 5.91 Å². The maximum absolute atomic E-state index is 12.6. The van der Waals surface area contributed by atoms with Crippen LogP contribution in [0.3, 0.4) is 0 Å². The van der Waals surface area contributed by atoms with Crippen molar-refractivity contribution in [2.45, 2.75) is 33.1 Å². The highest BCUT2D eigenvalue weighted by Gasteiger charge is 2.33. The molecule has 2 aliphatic rings. The number of hydrogen-bond donors (Lipinski definition) is 1. The van der Waals surface area contributed by atoms with Crippen molar-refractivity contribution in [1.29, 1.82) is 0 Å². The minimum Gasteiger partial charge on any atom is -0.463 e. The van der Waals surface area contributed by atoms with Gasteiger partial charge in [-0.05, 0) is 61.9 Å². The molecule has 0 bridgehead atoms. The maximum atomic E-state index is 12.6. The lowest BCUT2D eigenvalue weighted by atomic mass is 9.96. The SMILES string of the molecule is Cc1ccc(NC(=O)N2CCC(CN3CC(COc4ncccn4)CC3=O)CC2)cc1C. The Bertz CT molecular complexity index is 944. The van der Waals surface area contributed by atoms with E-state index in [9.17, 15) is 9.59 Å². The van der Waals surface area contributed by atoms with Crippen molar-refractivity contribution in [2.75, 3.05) is 38.1 Å². The van der Waals surface area contributed by atoms with E-state index in [-0.39, 0.29) is 17.9 Å². The molecule has 8 heteroatoms. The molecule has 3 heterocycles. The van der Waals surface area contributed by atoms with E-state index in [2.05, 4.69) is 22.2 Å². The van der Waals surface area contributed by atoms with Crippen LogP contribution in [-0.2, 0) is 4.79 Å². The Balaban J connectivity index is 1.20. The molecule has 2 saturated heterocycles. The summed E-state index contributed by atoms with van der Waals surface area (Å²) in [6, 6.07) is 8.01. The molecule has 1 atom stereocenters. The van der Waals surface area contributed by atoms with Gasteiger partial charge in [-0.3, -0.25) is 4.79 Å². The summed E-state index contributed by atoms with van der Waals surface area (Å²) >= 11 is 0. The number of hydrogen-bond acceptors (Lipinski definition) is 5. The van der Waals surface area contributed by atoms with E-state index in [0.717, 1.165) is 30.6 Å². The molecule has 1 N–H and O–H groups in total. The summed E-state index contributed by atoms with van der Waals surface area (Å²) in [7, 11) is 0. The van der Waals surface area contributed by atoms with Crippen molar-refractivity contribution >= 4 is 17.6 Å². The van der Waals surface area contributed by atoms with Gasteiger partial charge in [0.25, 0.3) is 0 Å². The molecular weight excluding hydrogens is 406 g/mol. The predicted octanol–water partition coefficient (Wildman–Crippen LogP) is 3.26. The summed E-state index contributed by atoms with van der Waals surface area (Å²) in [6.07, 6.45) is 5.60. The number of benzene rings is 1. The molecule has 0 spiro atoms. The second-order valence-electron chi connectivity index (χ2n) is 8.87. The fourth-order valence-corrected chi connectivity index (χ4v) is 4.35. The summed E-state index contributed by atoms with van der Waals surface area (Å²) in [5.41, 5.74) is 3.20. The Hall–Kier alpha value is -3.16. The van der Waals surface area contributed by atoms with Crippen LogP contribution in [0.2, 0.25) is 0 Å². The van der Waals surface area contributed by atoms with E-state index in [4.69, 9.17) is 4.74 Å². The van der Waals surface area contributed by atoms with E-state index in [1.807, 2.05) is 34.9 Å². The third-order valence-corrected chi connectivity index (χ3v) is 6.42. The smallest absolute Gasteiger partial charge is 0.321 e. The average Bonchev–Trinajstić information content (AvgIpc) is 3.15. The van der Waals surface area contributed by atoms with Gasteiger partial charge in [-0.1, -0.05) is 6.07 Å². The summed E-state index contributed by atoms with van der Waals surface area (Å²) in [5, 5.41) is 3.01. The molecule has 1 aromatic carbocycles. The number of anilines is 1. The summed E-state index contributed by atoms with van der Waals surface area (Å²) in [4.78, 5) is 37.0. The average molecular weight is 438 g/mol. The molecule has 2 aromatic rings. The fraction of sp³-hybridized carbons (Fsp3) is 0.500. The number of nitrogens with one attached hydrogen (secondary N) is 1. The van der Waals surface area contributed by atoms with Crippen LogP contribution in [0.1, 0.15) is 30.4 Å². The molecular formula is C24H31N5O3. The number of piperidine rings is 1. The van der Waals surface area contributed by atoms with Crippen molar-refractivity contribution in [1.82, 2.24) is 19.8 Å². The van der Waals surface area contributed by atoms with E-state index in [1.54, 1.807) is 18.5 Å². The topological polar surface area (TPSA) is 87.7 Å². The van der Waals surface area contributed by atoms with Gasteiger partial charge in [0.1, 0.15) is 0 Å². The van der Waals surface area contributed by atoms with Crippen LogP contribution in [0.15, 0.2) is 36.7 Å². The molecule has 0 aliphatic carbocycles. The molecule has 2 aliphatic heterocycles.